The molecule has 2 nitrogen and oxygen atoms in total. The van der Waals surface area contributed by atoms with Crippen molar-refractivity contribution in [1.82, 2.24) is 0 Å². The Kier molecular flexibility index (Phi) is 1.97. The first kappa shape index (κ1) is 10.0. The van der Waals surface area contributed by atoms with Gasteiger partial charge in [-0.1, -0.05) is 27.7 Å². The zero-order chi connectivity index (χ0) is 10.6. The zero-order valence-electron chi connectivity index (χ0n) is 9.50. The van der Waals surface area contributed by atoms with Gasteiger partial charge in [0.05, 0.1) is 6.61 Å². The first-order valence-electron chi connectivity index (χ1n) is 5.40. The Morgan fingerprint density at radius 1 is 1.36 bits per heavy atom. The van der Waals surface area contributed by atoms with Crippen molar-refractivity contribution in [2.24, 2.45) is 16.7 Å². The molecule has 1 heterocycles. The number of ether oxygens (including phenoxy) is 1. The molecule has 0 saturated heterocycles. The Hall–Kier alpha value is -0.500. The third-order valence-electron chi connectivity index (χ3n) is 4.47. The summed E-state index contributed by atoms with van der Waals surface area (Å²) >= 11 is 0. The van der Waals surface area contributed by atoms with Crippen LogP contribution in [0.5, 0.6) is 0 Å². The third kappa shape index (κ3) is 1.13. The molecule has 1 aliphatic heterocycles. The summed E-state index contributed by atoms with van der Waals surface area (Å²) in [5, 5.41) is 10.2. The van der Waals surface area contributed by atoms with Gasteiger partial charge in [-0.3, -0.25) is 0 Å². The molecule has 2 heteroatoms. The lowest BCUT2D eigenvalue weighted by Gasteiger charge is -2.13. The van der Waals surface area contributed by atoms with Gasteiger partial charge in [0.1, 0.15) is 11.9 Å². The average molecular weight is 196 g/mol. The molecule has 0 aromatic carbocycles. The Morgan fingerprint density at radius 3 is 2.29 bits per heavy atom. The molecule has 0 aromatic rings. The van der Waals surface area contributed by atoms with Gasteiger partial charge in [-0.05, 0) is 16.9 Å². The van der Waals surface area contributed by atoms with Crippen LogP contribution in [0.25, 0.3) is 0 Å². The van der Waals surface area contributed by atoms with Gasteiger partial charge < -0.3 is 9.84 Å². The average Bonchev–Trinajstić information content (AvgIpc) is 2.53. The summed E-state index contributed by atoms with van der Waals surface area (Å²) in [4.78, 5) is 0. The molecule has 1 unspecified atom stereocenters. The van der Waals surface area contributed by atoms with Crippen LogP contribution < -0.4 is 0 Å². The van der Waals surface area contributed by atoms with Crippen molar-refractivity contribution >= 4 is 0 Å². The van der Waals surface area contributed by atoms with Crippen LogP contribution >= 0.6 is 0 Å². The van der Waals surface area contributed by atoms with Crippen molar-refractivity contribution < 1.29 is 9.84 Å². The van der Waals surface area contributed by atoms with Crippen molar-refractivity contribution in [1.29, 1.82) is 0 Å². The van der Waals surface area contributed by atoms with Crippen LogP contribution in [0.3, 0.4) is 0 Å². The Labute approximate surface area is 86.0 Å². The van der Waals surface area contributed by atoms with E-state index in [0.717, 1.165) is 18.8 Å². The summed E-state index contributed by atoms with van der Waals surface area (Å²) < 4.78 is 5.41. The van der Waals surface area contributed by atoms with Crippen molar-refractivity contribution in [3.63, 3.8) is 0 Å². The van der Waals surface area contributed by atoms with E-state index >= 15 is 0 Å². The fourth-order valence-electron chi connectivity index (χ4n) is 2.84. The number of hydrogen-bond acceptors (Lipinski definition) is 2. The van der Waals surface area contributed by atoms with Gasteiger partial charge in [0, 0.05) is 12.3 Å². The minimum absolute atomic E-state index is 0.221. The summed E-state index contributed by atoms with van der Waals surface area (Å²) in [5.74, 6) is 1.13. The SMILES string of the molecule is CC1(C)C(C(O)C2=CCCO2)C1(C)C. The molecule has 14 heavy (non-hydrogen) atoms. The molecule has 0 aromatic heterocycles. The molecule has 2 aliphatic rings. The number of rotatable bonds is 2. The molecule has 1 saturated carbocycles. The zero-order valence-corrected chi connectivity index (χ0v) is 9.50. The number of aliphatic hydroxyl groups excluding tert-OH is 1. The molecule has 0 amide bonds. The summed E-state index contributed by atoms with van der Waals surface area (Å²) in [6, 6.07) is 0. The Morgan fingerprint density at radius 2 is 1.93 bits per heavy atom. The van der Waals surface area contributed by atoms with Crippen LogP contribution in [0, 0.1) is 16.7 Å². The van der Waals surface area contributed by atoms with E-state index in [-0.39, 0.29) is 10.8 Å². The van der Waals surface area contributed by atoms with E-state index in [1.807, 2.05) is 6.08 Å². The molecule has 1 aliphatic carbocycles. The van der Waals surface area contributed by atoms with Gasteiger partial charge >= 0.3 is 0 Å². The van der Waals surface area contributed by atoms with Crippen molar-refractivity contribution in [3.05, 3.63) is 11.8 Å². The van der Waals surface area contributed by atoms with Crippen LogP contribution in [0.1, 0.15) is 34.1 Å². The largest absolute Gasteiger partial charge is 0.495 e. The maximum atomic E-state index is 10.2. The minimum Gasteiger partial charge on any atom is -0.495 e. The van der Waals surface area contributed by atoms with E-state index in [0.29, 0.717) is 5.92 Å². The first-order chi connectivity index (χ1) is 6.39. The standard InChI is InChI=1S/C12H20O2/c1-11(2)10(12(11,3)4)9(13)8-6-5-7-14-8/h6,9-10,13H,5,7H2,1-4H3. The maximum absolute atomic E-state index is 10.2. The highest BCUT2D eigenvalue weighted by Crippen LogP contribution is 2.70. The van der Waals surface area contributed by atoms with Gasteiger partial charge in [-0.2, -0.15) is 0 Å². The topological polar surface area (TPSA) is 29.5 Å². The molecular formula is C12H20O2. The molecule has 0 radical (unpaired) electrons. The Balaban J connectivity index is 2.11. The molecule has 1 fully saturated rings. The lowest BCUT2D eigenvalue weighted by Crippen LogP contribution is -2.17. The van der Waals surface area contributed by atoms with Gasteiger partial charge in [-0.15, -0.1) is 0 Å². The maximum Gasteiger partial charge on any atom is 0.121 e. The second kappa shape index (κ2) is 2.75. The normalized spacial score (nSPS) is 30.8. The predicted octanol–water partition coefficient (Wildman–Crippen LogP) is 2.33. The number of hydrogen-bond donors (Lipinski definition) is 1. The van der Waals surface area contributed by atoms with E-state index < -0.39 is 6.10 Å². The van der Waals surface area contributed by atoms with Crippen LogP contribution in [-0.2, 0) is 4.74 Å². The summed E-state index contributed by atoms with van der Waals surface area (Å²) in [6.45, 7) is 9.61. The highest BCUT2D eigenvalue weighted by Gasteiger charge is 2.68. The molecule has 80 valence electrons. The summed E-state index contributed by atoms with van der Waals surface area (Å²) in [7, 11) is 0. The van der Waals surface area contributed by atoms with Crippen molar-refractivity contribution in [2.75, 3.05) is 6.61 Å². The second-order valence-corrected chi connectivity index (χ2v) is 5.61. The van der Waals surface area contributed by atoms with E-state index in [4.69, 9.17) is 4.74 Å². The molecule has 1 N–H and O–H groups in total. The van der Waals surface area contributed by atoms with E-state index in [9.17, 15) is 5.11 Å². The van der Waals surface area contributed by atoms with Gasteiger partial charge in [0.2, 0.25) is 0 Å². The van der Waals surface area contributed by atoms with Crippen molar-refractivity contribution in [3.8, 4) is 0 Å². The van der Waals surface area contributed by atoms with Crippen LogP contribution in [-0.4, -0.2) is 17.8 Å². The smallest absolute Gasteiger partial charge is 0.121 e. The van der Waals surface area contributed by atoms with Gasteiger partial charge in [0.15, 0.2) is 0 Å². The molecule has 2 rings (SSSR count). The first-order valence-corrected chi connectivity index (χ1v) is 5.40. The quantitative estimate of drug-likeness (QED) is 0.734. The molecular weight excluding hydrogens is 176 g/mol. The predicted molar refractivity (Wildman–Crippen MR) is 55.7 cm³/mol. The summed E-state index contributed by atoms with van der Waals surface area (Å²) in [6.07, 6.45) is 2.57. The van der Waals surface area contributed by atoms with E-state index in [2.05, 4.69) is 27.7 Å². The van der Waals surface area contributed by atoms with Gasteiger partial charge in [-0.25, -0.2) is 0 Å². The number of aliphatic hydroxyl groups is 1. The molecule has 0 spiro atoms. The molecule has 1 atom stereocenters. The minimum atomic E-state index is -0.400. The fraction of sp³-hybridized carbons (Fsp3) is 0.833. The van der Waals surface area contributed by atoms with Crippen LogP contribution in [0.4, 0.5) is 0 Å². The third-order valence-corrected chi connectivity index (χ3v) is 4.47. The highest BCUT2D eigenvalue weighted by molar-refractivity contribution is 5.21. The van der Waals surface area contributed by atoms with Gasteiger partial charge in [0.25, 0.3) is 0 Å². The lowest BCUT2D eigenvalue weighted by atomic mass is 10.0. The van der Waals surface area contributed by atoms with Crippen molar-refractivity contribution in [2.45, 2.75) is 40.2 Å². The van der Waals surface area contributed by atoms with E-state index in [1.54, 1.807) is 0 Å². The monoisotopic (exact) mass is 196 g/mol. The van der Waals surface area contributed by atoms with Crippen LogP contribution in [0.2, 0.25) is 0 Å². The van der Waals surface area contributed by atoms with E-state index in [1.165, 1.54) is 0 Å². The van der Waals surface area contributed by atoms with Crippen LogP contribution in [0.15, 0.2) is 11.8 Å². The highest BCUT2D eigenvalue weighted by atomic mass is 16.5. The summed E-state index contributed by atoms with van der Waals surface area (Å²) in [5.41, 5.74) is 0.443. The fourth-order valence-corrected chi connectivity index (χ4v) is 2.84. The Bertz CT molecular complexity index is 262. The lowest BCUT2D eigenvalue weighted by molar-refractivity contribution is 0.0889. The second-order valence-electron chi connectivity index (χ2n) is 5.61. The molecule has 0 bridgehead atoms.